The summed E-state index contributed by atoms with van der Waals surface area (Å²) in [4.78, 5) is 0. The highest BCUT2D eigenvalue weighted by molar-refractivity contribution is 6.29. The summed E-state index contributed by atoms with van der Waals surface area (Å²) in [7, 11) is 0. The zero-order chi connectivity index (χ0) is 17.2. The van der Waals surface area contributed by atoms with E-state index in [1.807, 2.05) is 0 Å². The first-order chi connectivity index (χ1) is 11.4. The predicted octanol–water partition coefficient (Wildman–Crippen LogP) is 7.00. The van der Waals surface area contributed by atoms with Crippen molar-refractivity contribution in [3.8, 4) is 0 Å². The highest BCUT2D eigenvalue weighted by Crippen LogP contribution is 2.43. The van der Waals surface area contributed by atoms with E-state index >= 15 is 0 Å². The Balaban J connectivity index is 2.59. The Kier molecular flexibility index (Phi) is 3.22. The Morgan fingerprint density at radius 1 is 0.292 bits per heavy atom. The van der Waals surface area contributed by atoms with Gasteiger partial charge in [0.05, 0.1) is 0 Å². The number of hydrogen-bond donors (Lipinski definition) is 0. The highest BCUT2D eigenvalue weighted by atomic mass is 14.2. The van der Waals surface area contributed by atoms with Crippen LogP contribution in [-0.4, -0.2) is 0 Å². The van der Waals surface area contributed by atoms with Gasteiger partial charge >= 0.3 is 0 Å². The van der Waals surface area contributed by atoms with Gasteiger partial charge in [0.25, 0.3) is 0 Å². The molecule has 0 spiro atoms. The first-order valence-corrected chi connectivity index (χ1v) is 8.73. The lowest BCUT2D eigenvalue weighted by Gasteiger charge is -2.20. The maximum Gasteiger partial charge on any atom is -0.00641 e. The normalized spacial score (nSPS) is 11.8. The minimum absolute atomic E-state index is 1.37. The third-order valence-corrected chi connectivity index (χ3v) is 5.62. The van der Waals surface area contributed by atoms with Gasteiger partial charge in [-0.15, -0.1) is 0 Å². The van der Waals surface area contributed by atoms with Gasteiger partial charge in [0, 0.05) is 0 Å². The van der Waals surface area contributed by atoms with Crippen LogP contribution in [0.15, 0.2) is 36.4 Å². The van der Waals surface area contributed by atoms with Crippen molar-refractivity contribution in [1.29, 1.82) is 0 Å². The molecule has 0 heterocycles. The van der Waals surface area contributed by atoms with Crippen LogP contribution < -0.4 is 0 Å². The lowest BCUT2D eigenvalue weighted by Crippen LogP contribution is -1.95. The summed E-state index contributed by atoms with van der Waals surface area (Å²) in [5, 5.41) is 8.62. The SMILES string of the molecule is Cc1ccc(C)c2c1c1c(C)ccc(C)c1c1c(C)ccc(C)c21. The molecular formula is C24H24. The van der Waals surface area contributed by atoms with Gasteiger partial charge in [-0.25, -0.2) is 0 Å². The van der Waals surface area contributed by atoms with Crippen LogP contribution in [0.1, 0.15) is 33.4 Å². The molecule has 120 valence electrons. The van der Waals surface area contributed by atoms with Gasteiger partial charge in [0.15, 0.2) is 0 Å². The minimum atomic E-state index is 1.37. The quantitative estimate of drug-likeness (QED) is 0.307. The second kappa shape index (κ2) is 5.08. The molecule has 4 rings (SSSR count). The van der Waals surface area contributed by atoms with Crippen LogP contribution in [-0.2, 0) is 0 Å². The molecule has 0 nitrogen and oxygen atoms in total. The van der Waals surface area contributed by atoms with E-state index < -0.39 is 0 Å². The zero-order valence-corrected chi connectivity index (χ0v) is 15.5. The van der Waals surface area contributed by atoms with Crippen LogP contribution in [0.5, 0.6) is 0 Å². The van der Waals surface area contributed by atoms with E-state index in [4.69, 9.17) is 0 Å². The number of benzene rings is 4. The molecule has 0 heteroatoms. The number of fused-ring (bicyclic) bond motifs is 6. The lowest BCUT2D eigenvalue weighted by molar-refractivity contribution is 1.43. The first-order valence-electron chi connectivity index (χ1n) is 8.73. The molecule has 0 atom stereocenters. The van der Waals surface area contributed by atoms with Gasteiger partial charge in [0.1, 0.15) is 0 Å². The van der Waals surface area contributed by atoms with E-state index in [1.165, 1.54) is 65.7 Å². The van der Waals surface area contributed by atoms with Crippen LogP contribution >= 0.6 is 0 Å². The van der Waals surface area contributed by atoms with Crippen LogP contribution in [0.25, 0.3) is 32.3 Å². The van der Waals surface area contributed by atoms with Gasteiger partial charge in [-0.05, 0) is 107 Å². The maximum atomic E-state index is 2.27. The van der Waals surface area contributed by atoms with Gasteiger partial charge in [-0.1, -0.05) is 36.4 Å². The van der Waals surface area contributed by atoms with Crippen LogP contribution in [0.2, 0.25) is 0 Å². The average Bonchev–Trinajstić information content (AvgIpc) is 2.56. The molecule has 4 aromatic rings. The van der Waals surface area contributed by atoms with Gasteiger partial charge in [0.2, 0.25) is 0 Å². The molecule has 4 aromatic carbocycles. The van der Waals surface area contributed by atoms with Crippen LogP contribution in [0.4, 0.5) is 0 Å². The van der Waals surface area contributed by atoms with E-state index in [9.17, 15) is 0 Å². The average molecular weight is 312 g/mol. The molecule has 0 amide bonds. The van der Waals surface area contributed by atoms with E-state index in [1.54, 1.807) is 0 Å². The van der Waals surface area contributed by atoms with Gasteiger partial charge in [-0.2, -0.15) is 0 Å². The third kappa shape index (κ3) is 1.86. The van der Waals surface area contributed by atoms with Gasteiger partial charge in [-0.3, -0.25) is 0 Å². The van der Waals surface area contributed by atoms with Crippen molar-refractivity contribution in [2.75, 3.05) is 0 Å². The van der Waals surface area contributed by atoms with Crippen molar-refractivity contribution in [2.24, 2.45) is 0 Å². The van der Waals surface area contributed by atoms with Crippen molar-refractivity contribution in [3.05, 3.63) is 69.8 Å². The van der Waals surface area contributed by atoms with Crippen LogP contribution in [0.3, 0.4) is 0 Å². The largest absolute Gasteiger partial charge is 0.0584 e. The summed E-state index contributed by atoms with van der Waals surface area (Å²) in [5.41, 5.74) is 8.23. The summed E-state index contributed by atoms with van der Waals surface area (Å²) in [6.07, 6.45) is 0. The Labute approximate surface area is 144 Å². The molecule has 0 aliphatic heterocycles. The summed E-state index contributed by atoms with van der Waals surface area (Å²) >= 11 is 0. The van der Waals surface area contributed by atoms with Crippen molar-refractivity contribution < 1.29 is 0 Å². The molecule has 0 radical (unpaired) electrons. The van der Waals surface area contributed by atoms with E-state index in [2.05, 4.69) is 77.9 Å². The molecule has 0 N–H and O–H groups in total. The molecule has 0 aliphatic rings. The molecule has 0 saturated heterocycles. The molecule has 0 bridgehead atoms. The molecular weight excluding hydrogens is 288 g/mol. The molecule has 0 aromatic heterocycles. The third-order valence-electron chi connectivity index (χ3n) is 5.62. The van der Waals surface area contributed by atoms with E-state index in [0.29, 0.717) is 0 Å². The number of hydrogen-bond acceptors (Lipinski definition) is 0. The smallest absolute Gasteiger partial charge is 0.00641 e. The first kappa shape index (κ1) is 15.2. The van der Waals surface area contributed by atoms with E-state index in [-0.39, 0.29) is 0 Å². The molecule has 0 saturated carbocycles. The fourth-order valence-electron chi connectivity index (χ4n) is 4.37. The second-order valence-electron chi connectivity index (χ2n) is 7.35. The Morgan fingerprint density at radius 3 is 0.542 bits per heavy atom. The summed E-state index contributed by atoms with van der Waals surface area (Å²) in [6.45, 7) is 13.5. The Morgan fingerprint density at radius 2 is 0.417 bits per heavy atom. The van der Waals surface area contributed by atoms with Crippen molar-refractivity contribution in [3.63, 3.8) is 0 Å². The molecule has 0 fully saturated rings. The fourth-order valence-corrected chi connectivity index (χ4v) is 4.37. The predicted molar refractivity (Wildman–Crippen MR) is 107 cm³/mol. The monoisotopic (exact) mass is 312 g/mol. The molecule has 0 unspecified atom stereocenters. The van der Waals surface area contributed by atoms with Crippen LogP contribution in [0, 0.1) is 41.5 Å². The van der Waals surface area contributed by atoms with Crippen molar-refractivity contribution in [1.82, 2.24) is 0 Å². The number of rotatable bonds is 0. The van der Waals surface area contributed by atoms with Gasteiger partial charge < -0.3 is 0 Å². The molecule has 0 aliphatic carbocycles. The maximum absolute atomic E-state index is 2.27. The number of aryl methyl sites for hydroxylation is 6. The summed E-state index contributed by atoms with van der Waals surface area (Å²) in [6, 6.07) is 13.6. The summed E-state index contributed by atoms with van der Waals surface area (Å²) < 4.78 is 0. The zero-order valence-electron chi connectivity index (χ0n) is 15.5. The Bertz CT molecular complexity index is 877. The van der Waals surface area contributed by atoms with Crippen molar-refractivity contribution >= 4 is 32.3 Å². The molecule has 24 heavy (non-hydrogen) atoms. The standard InChI is InChI=1S/C24H24/c1-13-7-8-14(2)20-19(13)21-15(3)9-10-16(4)23(21)24-18(6)12-11-17(5)22(20)24/h7-12H,1-6H3. The van der Waals surface area contributed by atoms with Crippen molar-refractivity contribution in [2.45, 2.75) is 41.5 Å². The minimum Gasteiger partial charge on any atom is -0.0584 e. The fraction of sp³-hybridized carbons (Fsp3) is 0.250. The summed E-state index contributed by atoms with van der Waals surface area (Å²) in [5.74, 6) is 0. The second-order valence-corrected chi connectivity index (χ2v) is 7.35. The highest BCUT2D eigenvalue weighted by Gasteiger charge is 2.17. The Hall–Kier alpha value is -2.34. The van der Waals surface area contributed by atoms with E-state index in [0.717, 1.165) is 0 Å². The lowest BCUT2D eigenvalue weighted by atomic mass is 9.84. The topological polar surface area (TPSA) is 0 Å².